The normalized spacial score (nSPS) is 14.7. The van der Waals surface area contributed by atoms with E-state index in [1.54, 1.807) is 54.5 Å². The Labute approximate surface area is 211 Å². The third-order valence-electron chi connectivity index (χ3n) is 5.74. The van der Waals surface area contributed by atoms with Gasteiger partial charge in [-0.3, -0.25) is 9.78 Å². The number of methoxy groups -OCH3 is 1. The number of benzene rings is 2. The smallest absolute Gasteiger partial charge is 0.255 e. The van der Waals surface area contributed by atoms with Crippen molar-refractivity contribution in [2.75, 3.05) is 17.7 Å². The number of amides is 1. The number of fused-ring (bicyclic) bond motifs is 1. The first-order valence-electron chi connectivity index (χ1n) is 11.2. The highest BCUT2D eigenvalue weighted by Crippen LogP contribution is 2.37. The summed E-state index contributed by atoms with van der Waals surface area (Å²) in [5.41, 5.74) is 3.14. The molecule has 2 aromatic heterocycles. The molecule has 0 unspecified atom stereocenters. The number of carbonyl (C=O) groups is 1. The number of ether oxygens (including phenoxy) is 1. The van der Waals surface area contributed by atoms with E-state index >= 15 is 0 Å². The summed E-state index contributed by atoms with van der Waals surface area (Å²) >= 11 is 1.33. The standard InChI is InChI=1S/C26H23FN6O2S/c1-16-22(24(34)30-19-7-5-13-28-14-19)23(17-9-11-20(35-2)12-10-17)33-25(29-16)31-26(32-33)36-15-18-6-3-4-8-21(18)27/h3-14,23H,15H2,1-2H3,(H,30,34)(H,29,31,32)/t23-/m0/s1. The summed E-state index contributed by atoms with van der Waals surface area (Å²) in [5.74, 6) is 1.03. The van der Waals surface area contributed by atoms with Crippen LogP contribution in [0.5, 0.6) is 5.75 Å². The van der Waals surface area contributed by atoms with Crippen LogP contribution in [0.15, 0.2) is 89.5 Å². The molecule has 0 aliphatic carbocycles. The summed E-state index contributed by atoms with van der Waals surface area (Å²) in [5, 5.41) is 11.3. The third kappa shape index (κ3) is 4.80. The first kappa shape index (κ1) is 23.6. The lowest BCUT2D eigenvalue weighted by Crippen LogP contribution is -2.31. The minimum absolute atomic E-state index is 0.268. The molecule has 0 fully saturated rings. The van der Waals surface area contributed by atoms with E-state index < -0.39 is 6.04 Å². The Balaban J connectivity index is 1.49. The number of thioether (sulfide) groups is 1. The van der Waals surface area contributed by atoms with E-state index in [1.807, 2.05) is 31.2 Å². The van der Waals surface area contributed by atoms with Gasteiger partial charge in [0.15, 0.2) is 0 Å². The number of nitrogens with zero attached hydrogens (tertiary/aromatic N) is 4. The van der Waals surface area contributed by atoms with Gasteiger partial charge in [0.2, 0.25) is 11.1 Å². The van der Waals surface area contributed by atoms with E-state index in [2.05, 4.69) is 20.6 Å². The summed E-state index contributed by atoms with van der Waals surface area (Å²) in [6.07, 6.45) is 3.23. The molecule has 36 heavy (non-hydrogen) atoms. The van der Waals surface area contributed by atoms with E-state index in [-0.39, 0.29) is 11.7 Å². The van der Waals surface area contributed by atoms with Crippen molar-refractivity contribution in [1.29, 1.82) is 0 Å². The Morgan fingerprint density at radius 2 is 1.97 bits per heavy atom. The largest absolute Gasteiger partial charge is 0.497 e. The minimum Gasteiger partial charge on any atom is -0.497 e. The van der Waals surface area contributed by atoms with Gasteiger partial charge in [-0.15, -0.1) is 5.10 Å². The Hall–Kier alpha value is -4.18. The zero-order chi connectivity index (χ0) is 25.1. The summed E-state index contributed by atoms with van der Waals surface area (Å²) in [6, 6.07) is 17.1. The molecule has 0 bridgehead atoms. The summed E-state index contributed by atoms with van der Waals surface area (Å²) in [7, 11) is 1.60. The number of nitrogens with one attached hydrogen (secondary N) is 2. The maximum absolute atomic E-state index is 14.1. The van der Waals surface area contributed by atoms with Gasteiger partial charge in [-0.2, -0.15) is 4.98 Å². The number of rotatable bonds is 7. The van der Waals surface area contributed by atoms with Crippen molar-refractivity contribution in [1.82, 2.24) is 19.7 Å². The first-order chi connectivity index (χ1) is 17.5. The molecule has 4 aromatic rings. The van der Waals surface area contributed by atoms with Gasteiger partial charge >= 0.3 is 0 Å². The van der Waals surface area contributed by atoms with Crippen molar-refractivity contribution in [3.8, 4) is 5.75 Å². The quantitative estimate of drug-likeness (QED) is 0.342. The van der Waals surface area contributed by atoms with Crippen LogP contribution in [0.4, 0.5) is 16.0 Å². The molecule has 1 aliphatic heterocycles. The molecule has 2 aromatic carbocycles. The number of aromatic nitrogens is 4. The minimum atomic E-state index is -0.542. The van der Waals surface area contributed by atoms with E-state index in [0.717, 1.165) is 5.56 Å². The van der Waals surface area contributed by atoms with Gasteiger partial charge in [-0.25, -0.2) is 9.07 Å². The number of hydrogen-bond donors (Lipinski definition) is 2. The van der Waals surface area contributed by atoms with Gasteiger partial charge in [-0.1, -0.05) is 42.1 Å². The van der Waals surface area contributed by atoms with Gasteiger partial charge in [0.05, 0.1) is 24.6 Å². The van der Waals surface area contributed by atoms with Crippen LogP contribution in [-0.4, -0.2) is 32.8 Å². The lowest BCUT2D eigenvalue weighted by atomic mass is 9.95. The molecule has 2 N–H and O–H groups in total. The van der Waals surface area contributed by atoms with Crippen molar-refractivity contribution in [3.05, 3.63) is 101 Å². The number of halogens is 1. The molecule has 0 saturated carbocycles. The highest BCUT2D eigenvalue weighted by molar-refractivity contribution is 7.98. The first-order valence-corrected chi connectivity index (χ1v) is 12.2. The maximum atomic E-state index is 14.1. The van der Waals surface area contributed by atoms with E-state index in [0.29, 0.717) is 45.1 Å². The average molecular weight is 503 g/mol. The second-order valence-electron chi connectivity index (χ2n) is 8.08. The third-order valence-corrected chi connectivity index (χ3v) is 6.63. The van der Waals surface area contributed by atoms with Crippen LogP contribution in [0.25, 0.3) is 0 Å². The van der Waals surface area contributed by atoms with Crippen LogP contribution < -0.4 is 15.4 Å². The second kappa shape index (κ2) is 10.2. The SMILES string of the molecule is COc1ccc([C@H]2C(C(=O)Nc3cccnc3)=C(C)Nc3nc(SCc4ccccc4F)nn32)cc1. The van der Waals surface area contributed by atoms with Gasteiger partial charge in [0.1, 0.15) is 17.6 Å². The molecule has 1 amide bonds. The maximum Gasteiger partial charge on any atom is 0.255 e. The van der Waals surface area contributed by atoms with Crippen molar-refractivity contribution < 1.29 is 13.9 Å². The average Bonchev–Trinajstić information content (AvgIpc) is 3.30. The van der Waals surface area contributed by atoms with Crippen molar-refractivity contribution in [3.63, 3.8) is 0 Å². The van der Waals surface area contributed by atoms with Gasteiger partial charge in [-0.05, 0) is 48.4 Å². The molecule has 0 saturated heterocycles. The lowest BCUT2D eigenvalue weighted by molar-refractivity contribution is -0.113. The number of anilines is 2. The molecular formula is C26H23FN6O2S. The number of allylic oxidation sites excluding steroid dienone is 1. The fourth-order valence-corrected chi connectivity index (χ4v) is 4.79. The van der Waals surface area contributed by atoms with Crippen LogP contribution in [-0.2, 0) is 10.5 Å². The van der Waals surface area contributed by atoms with Crippen LogP contribution in [0.2, 0.25) is 0 Å². The summed E-state index contributed by atoms with van der Waals surface area (Å²) in [6.45, 7) is 1.83. The van der Waals surface area contributed by atoms with Crippen molar-refractivity contribution in [2.45, 2.75) is 23.9 Å². The van der Waals surface area contributed by atoms with Gasteiger partial charge in [0, 0.05) is 17.6 Å². The van der Waals surface area contributed by atoms with E-state index in [9.17, 15) is 9.18 Å². The van der Waals surface area contributed by atoms with E-state index in [1.165, 1.54) is 17.8 Å². The molecular weight excluding hydrogens is 479 g/mol. The molecule has 1 aliphatic rings. The number of pyridine rings is 1. The molecule has 3 heterocycles. The number of carbonyl (C=O) groups excluding carboxylic acids is 1. The predicted molar refractivity (Wildman–Crippen MR) is 136 cm³/mol. The Kier molecular flexibility index (Phi) is 6.68. The zero-order valence-electron chi connectivity index (χ0n) is 19.6. The van der Waals surface area contributed by atoms with Gasteiger partial charge in [0.25, 0.3) is 5.91 Å². The predicted octanol–water partition coefficient (Wildman–Crippen LogP) is 5.04. The lowest BCUT2D eigenvalue weighted by Gasteiger charge is -2.28. The molecule has 5 rings (SSSR count). The molecule has 0 radical (unpaired) electrons. The molecule has 0 spiro atoms. The summed E-state index contributed by atoms with van der Waals surface area (Å²) in [4.78, 5) is 22.2. The van der Waals surface area contributed by atoms with Crippen LogP contribution >= 0.6 is 11.8 Å². The second-order valence-corrected chi connectivity index (χ2v) is 9.02. The monoisotopic (exact) mass is 502 g/mol. The van der Waals surface area contributed by atoms with Crippen molar-refractivity contribution >= 4 is 29.3 Å². The Morgan fingerprint density at radius 3 is 2.69 bits per heavy atom. The molecule has 1 atom stereocenters. The topological polar surface area (TPSA) is 94.0 Å². The summed E-state index contributed by atoms with van der Waals surface area (Å²) < 4.78 is 21.1. The fourth-order valence-electron chi connectivity index (χ4n) is 3.97. The Morgan fingerprint density at radius 1 is 1.17 bits per heavy atom. The Bertz CT molecular complexity index is 1420. The molecule has 10 heteroatoms. The van der Waals surface area contributed by atoms with Crippen LogP contribution in [0.3, 0.4) is 0 Å². The highest BCUT2D eigenvalue weighted by Gasteiger charge is 2.34. The molecule has 8 nitrogen and oxygen atoms in total. The van der Waals surface area contributed by atoms with Gasteiger partial charge < -0.3 is 15.4 Å². The van der Waals surface area contributed by atoms with E-state index in [4.69, 9.17) is 9.84 Å². The van der Waals surface area contributed by atoms with Crippen LogP contribution in [0, 0.1) is 5.82 Å². The van der Waals surface area contributed by atoms with Crippen LogP contribution in [0.1, 0.15) is 24.1 Å². The molecule has 182 valence electrons. The van der Waals surface area contributed by atoms with Crippen molar-refractivity contribution in [2.24, 2.45) is 0 Å². The fraction of sp³-hybridized carbons (Fsp3) is 0.154. The highest BCUT2D eigenvalue weighted by atomic mass is 32.2. The number of hydrogen-bond acceptors (Lipinski definition) is 7. The zero-order valence-corrected chi connectivity index (χ0v) is 20.4.